The van der Waals surface area contributed by atoms with Crippen molar-refractivity contribution in [1.29, 1.82) is 0 Å². The third kappa shape index (κ3) is 5.18. The Bertz CT molecular complexity index is 289. The maximum Gasteiger partial charge on any atom is 0.317 e. The monoisotopic (exact) mass is 210 g/mol. The highest BCUT2D eigenvalue weighted by atomic mass is 32.2. The number of sulfone groups is 1. The molecule has 0 bridgehead atoms. The second-order valence-electron chi connectivity index (χ2n) is 2.65. The number of hydrogen-bond acceptors (Lipinski definition) is 4. The summed E-state index contributed by atoms with van der Waals surface area (Å²) in [5.41, 5.74) is 0. The minimum Gasteiger partial charge on any atom is -0.481 e. The van der Waals surface area contributed by atoms with Gasteiger partial charge in [0.1, 0.15) is 9.84 Å². The lowest BCUT2D eigenvalue weighted by Gasteiger charge is -2.04. The molecule has 0 aliphatic carbocycles. The molecule has 2 N–H and O–H groups in total. The summed E-state index contributed by atoms with van der Waals surface area (Å²) in [4.78, 5) is 20.6. The maximum absolute atomic E-state index is 10.6. The van der Waals surface area contributed by atoms with Crippen LogP contribution in [0.25, 0.3) is 0 Å². The quantitative estimate of drug-likeness (QED) is 0.575. The van der Waals surface area contributed by atoms with Gasteiger partial charge in [0, 0.05) is 6.26 Å². The van der Waals surface area contributed by atoms with Crippen molar-refractivity contribution in [2.75, 3.05) is 12.0 Å². The van der Waals surface area contributed by atoms with Gasteiger partial charge in [-0.1, -0.05) is 0 Å². The zero-order chi connectivity index (χ0) is 10.6. The predicted molar refractivity (Wildman–Crippen MR) is 43.1 cm³/mol. The number of hydrogen-bond donors (Lipinski definition) is 2. The van der Waals surface area contributed by atoms with Gasteiger partial charge in [-0.15, -0.1) is 0 Å². The smallest absolute Gasteiger partial charge is 0.317 e. The molecule has 7 heteroatoms. The zero-order valence-electron chi connectivity index (χ0n) is 6.93. The average molecular weight is 210 g/mol. The van der Waals surface area contributed by atoms with Crippen LogP contribution in [-0.2, 0) is 19.4 Å². The van der Waals surface area contributed by atoms with Crippen molar-refractivity contribution < 1.29 is 28.2 Å². The first-order valence-electron chi connectivity index (χ1n) is 3.37. The zero-order valence-corrected chi connectivity index (χ0v) is 7.74. The van der Waals surface area contributed by atoms with Crippen molar-refractivity contribution in [1.82, 2.24) is 0 Å². The van der Waals surface area contributed by atoms with Crippen LogP contribution in [0.3, 0.4) is 0 Å². The predicted octanol–water partition coefficient (Wildman–Crippen LogP) is -0.793. The summed E-state index contributed by atoms with van der Waals surface area (Å²) in [5, 5.41) is 16.7. The molecule has 0 aromatic heterocycles. The highest BCUT2D eigenvalue weighted by molar-refractivity contribution is 7.90. The average Bonchev–Trinajstić information content (AvgIpc) is 1.82. The van der Waals surface area contributed by atoms with Crippen LogP contribution in [-0.4, -0.2) is 42.6 Å². The van der Waals surface area contributed by atoms with E-state index >= 15 is 0 Å². The maximum atomic E-state index is 10.6. The van der Waals surface area contributed by atoms with E-state index in [1.54, 1.807) is 0 Å². The van der Waals surface area contributed by atoms with Crippen molar-refractivity contribution in [2.24, 2.45) is 5.92 Å². The van der Waals surface area contributed by atoms with Crippen LogP contribution < -0.4 is 0 Å². The second kappa shape index (κ2) is 4.22. The normalized spacial score (nSPS) is 11.5. The summed E-state index contributed by atoms with van der Waals surface area (Å²) < 4.78 is 21.2. The number of aliphatic carboxylic acids is 2. The van der Waals surface area contributed by atoms with Gasteiger partial charge >= 0.3 is 11.9 Å². The summed E-state index contributed by atoms with van der Waals surface area (Å²) >= 11 is 0. The number of carbonyl (C=O) groups is 2. The summed E-state index contributed by atoms with van der Waals surface area (Å²) in [7, 11) is -3.31. The molecule has 0 saturated heterocycles. The highest BCUT2D eigenvalue weighted by Crippen LogP contribution is 2.05. The molecule has 76 valence electrons. The Morgan fingerprint density at radius 3 is 1.85 bits per heavy atom. The Balaban J connectivity index is 4.30. The molecule has 0 rings (SSSR count). The molecule has 0 spiro atoms. The molecule has 13 heavy (non-hydrogen) atoms. The van der Waals surface area contributed by atoms with E-state index in [1.807, 2.05) is 0 Å². The molecule has 0 aliphatic rings. The summed E-state index contributed by atoms with van der Waals surface area (Å²) in [6.45, 7) is 0. The van der Waals surface area contributed by atoms with Gasteiger partial charge in [-0.25, -0.2) is 8.42 Å². The number of carboxylic acids is 2. The van der Waals surface area contributed by atoms with Crippen LogP contribution >= 0.6 is 0 Å². The molecular formula is C6H10O6S. The first kappa shape index (κ1) is 11.9. The van der Waals surface area contributed by atoms with Crippen molar-refractivity contribution in [2.45, 2.75) is 6.42 Å². The molecule has 0 atom stereocenters. The summed E-state index contributed by atoms with van der Waals surface area (Å²) in [6, 6.07) is 0. The van der Waals surface area contributed by atoms with Gasteiger partial charge in [-0.05, 0) is 6.42 Å². The fourth-order valence-corrected chi connectivity index (χ4v) is 1.35. The van der Waals surface area contributed by atoms with Crippen molar-refractivity contribution in [3.8, 4) is 0 Å². The molecule has 0 saturated carbocycles. The van der Waals surface area contributed by atoms with Gasteiger partial charge in [0.05, 0.1) is 5.75 Å². The Labute approximate surface area is 75.1 Å². The molecule has 6 nitrogen and oxygen atoms in total. The van der Waals surface area contributed by atoms with Crippen LogP contribution in [0.15, 0.2) is 0 Å². The Kier molecular flexibility index (Phi) is 3.86. The van der Waals surface area contributed by atoms with Crippen molar-refractivity contribution in [3.05, 3.63) is 0 Å². The van der Waals surface area contributed by atoms with Gasteiger partial charge < -0.3 is 10.2 Å². The van der Waals surface area contributed by atoms with Crippen LogP contribution in [0.2, 0.25) is 0 Å². The molecule has 0 amide bonds. The van der Waals surface area contributed by atoms with Crippen LogP contribution in [0.5, 0.6) is 0 Å². The lowest BCUT2D eigenvalue weighted by molar-refractivity contribution is -0.154. The minimum atomic E-state index is -3.31. The number of carboxylic acid groups (broad SMARTS) is 2. The van der Waals surface area contributed by atoms with Crippen molar-refractivity contribution in [3.63, 3.8) is 0 Å². The summed E-state index contributed by atoms with van der Waals surface area (Å²) in [6.07, 6.45) is 0.525. The van der Waals surface area contributed by atoms with E-state index in [1.165, 1.54) is 0 Å². The van der Waals surface area contributed by atoms with E-state index in [4.69, 9.17) is 10.2 Å². The molecule has 0 aliphatic heterocycles. The van der Waals surface area contributed by atoms with E-state index in [0.717, 1.165) is 6.26 Å². The molecule has 0 aromatic carbocycles. The van der Waals surface area contributed by atoms with E-state index in [-0.39, 0.29) is 0 Å². The third-order valence-electron chi connectivity index (χ3n) is 1.37. The largest absolute Gasteiger partial charge is 0.481 e. The van der Waals surface area contributed by atoms with Gasteiger partial charge in [0.15, 0.2) is 5.92 Å². The molecule has 0 unspecified atom stereocenters. The molecular weight excluding hydrogens is 200 g/mol. The first-order chi connectivity index (χ1) is 5.74. The second-order valence-corrected chi connectivity index (χ2v) is 4.91. The lowest BCUT2D eigenvalue weighted by atomic mass is 10.1. The molecule has 0 radical (unpaired) electrons. The first-order valence-corrected chi connectivity index (χ1v) is 5.43. The number of rotatable bonds is 5. The van der Waals surface area contributed by atoms with Gasteiger partial charge in [0.2, 0.25) is 0 Å². The third-order valence-corrected chi connectivity index (χ3v) is 2.35. The Morgan fingerprint density at radius 1 is 1.23 bits per heavy atom. The van der Waals surface area contributed by atoms with Crippen LogP contribution in [0.4, 0.5) is 0 Å². The van der Waals surface area contributed by atoms with E-state index in [0.29, 0.717) is 0 Å². The Hall–Kier alpha value is -1.11. The summed E-state index contributed by atoms with van der Waals surface area (Å²) in [5.74, 6) is -5.11. The van der Waals surface area contributed by atoms with Crippen molar-refractivity contribution >= 4 is 21.8 Å². The molecule has 0 aromatic rings. The fourth-order valence-electron chi connectivity index (χ4n) is 0.685. The van der Waals surface area contributed by atoms with Crippen LogP contribution in [0.1, 0.15) is 6.42 Å². The van der Waals surface area contributed by atoms with E-state index in [2.05, 4.69) is 0 Å². The van der Waals surface area contributed by atoms with Gasteiger partial charge in [-0.2, -0.15) is 0 Å². The van der Waals surface area contributed by atoms with E-state index in [9.17, 15) is 18.0 Å². The topological polar surface area (TPSA) is 109 Å². The molecule has 0 fully saturated rings. The fraction of sp³-hybridized carbons (Fsp3) is 0.667. The van der Waals surface area contributed by atoms with Crippen LogP contribution in [0, 0.1) is 5.92 Å². The lowest BCUT2D eigenvalue weighted by Crippen LogP contribution is -2.25. The SMILES string of the molecule is CS(=O)(=O)CCC(C(=O)O)C(=O)O. The highest BCUT2D eigenvalue weighted by Gasteiger charge is 2.26. The van der Waals surface area contributed by atoms with Gasteiger partial charge in [-0.3, -0.25) is 9.59 Å². The molecule has 0 heterocycles. The van der Waals surface area contributed by atoms with Gasteiger partial charge in [0.25, 0.3) is 0 Å². The minimum absolute atomic E-state index is 0.399. The Morgan fingerprint density at radius 2 is 1.62 bits per heavy atom. The van der Waals surface area contributed by atoms with E-state index < -0.39 is 39.9 Å². The standard InChI is InChI=1S/C6H10O6S/c1-13(11,12)3-2-4(5(7)8)6(9)10/h4H,2-3H2,1H3,(H,7,8)(H,9,10).